The second kappa shape index (κ2) is 8.02. The van der Waals surface area contributed by atoms with Crippen LogP contribution in [0.1, 0.15) is 47.1 Å². The molecule has 0 saturated carbocycles. The molecule has 6 heteroatoms. The highest BCUT2D eigenvalue weighted by atomic mass is 15.2. The van der Waals surface area contributed by atoms with Crippen molar-refractivity contribution in [3.05, 3.63) is 71.1 Å². The third kappa shape index (κ3) is 4.02. The Morgan fingerprint density at radius 2 is 2.00 bits per heavy atom. The SMILES string of the molecule is Cc1nc(Nc2ncccc2C)cc([C@@H]2CCCN2Cc2ccncc2C)n1. The summed E-state index contributed by atoms with van der Waals surface area (Å²) in [7, 11) is 0. The third-order valence-corrected chi connectivity index (χ3v) is 5.33. The van der Waals surface area contributed by atoms with Crippen molar-refractivity contribution in [1.82, 2.24) is 24.8 Å². The molecular formula is C22H26N6. The van der Waals surface area contributed by atoms with Gasteiger partial charge in [0.1, 0.15) is 17.5 Å². The number of hydrogen-bond donors (Lipinski definition) is 1. The van der Waals surface area contributed by atoms with Gasteiger partial charge in [-0.05, 0) is 69.0 Å². The van der Waals surface area contributed by atoms with Gasteiger partial charge in [-0.25, -0.2) is 15.0 Å². The Labute approximate surface area is 166 Å². The molecule has 6 nitrogen and oxygen atoms in total. The maximum atomic E-state index is 4.77. The number of likely N-dealkylation sites (tertiary alicyclic amines) is 1. The molecule has 0 radical (unpaired) electrons. The van der Waals surface area contributed by atoms with Gasteiger partial charge in [0.15, 0.2) is 0 Å². The molecule has 1 N–H and O–H groups in total. The van der Waals surface area contributed by atoms with Crippen LogP contribution in [-0.4, -0.2) is 31.4 Å². The van der Waals surface area contributed by atoms with Gasteiger partial charge in [-0.3, -0.25) is 9.88 Å². The second-order valence-corrected chi connectivity index (χ2v) is 7.45. The van der Waals surface area contributed by atoms with Crippen molar-refractivity contribution in [1.29, 1.82) is 0 Å². The molecule has 0 amide bonds. The minimum atomic E-state index is 0.305. The first-order chi connectivity index (χ1) is 13.6. The van der Waals surface area contributed by atoms with Crippen molar-refractivity contribution in [2.75, 3.05) is 11.9 Å². The lowest BCUT2D eigenvalue weighted by Gasteiger charge is -2.25. The minimum absolute atomic E-state index is 0.305. The first-order valence-electron chi connectivity index (χ1n) is 9.78. The second-order valence-electron chi connectivity index (χ2n) is 7.45. The monoisotopic (exact) mass is 374 g/mol. The van der Waals surface area contributed by atoms with Gasteiger partial charge in [0.25, 0.3) is 0 Å². The van der Waals surface area contributed by atoms with E-state index in [1.807, 2.05) is 38.4 Å². The van der Waals surface area contributed by atoms with E-state index in [9.17, 15) is 0 Å². The van der Waals surface area contributed by atoms with E-state index in [1.54, 1.807) is 6.20 Å². The van der Waals surface area contributed by atoms with E-state index in [2.05, 4.69) is 44.2 Å². The van der Waals surface area contributed by atoms with Crippen LogP contribution in [0.3, 0.4) is 0 Å². The van der Waals surface area contributed by atoms with E-state index in [-0.39, 0.29) is 0 Å². The standard InChI is InChI=1S/C22H26N6/c1-15-6-4-9-24-22(15)27-21-12-19(25-17(3)26-21)20-7-5-11-28(20)14-18-8-10-23-13-16(18)2/h4,6,8-10,12-13,20H,5,7,11,14H2,1-3H3,(H,24,25,26,27)/t20-/m0/s1. The molecule has 0 unspecified atom stereocenters. The summed E-state index contributed by atoms with van der Waals surface area (Å²) in [6.45, 7) is 8.12. The normalized spacial score (nSPS) is 17.0. The fourth-order valence-corrected chi connectivity index (χ4v) is 3.81. The Balaban J connectivity index is 1.58. The Morgan fingerprint density at radius 3 is 2.82 bits per heavy atom. The maximum absolute atomic E-state index is 4.77. The topological polar surface area (TPSA) is 66.8 Å². The summed E-state index contributed by atoms with van der Waals surface area (Å²) in [5.41, 5.74) is 4.74. The number of pyridine rings is 2. The molecule has 0 aromatic carbocycles. The van der Waals surface area contributed by atoms with E-state index < -0.39 is 0 Å². The smallest absolute Gasteiger partial charge is 0.135 e. The zero-order valence-electron chi connectivity index (χ0n) is 16.7. The van der Waals surface area contributed by atoms with Gasteiger partial charge >= 0.3 is 0 Å². The van der Waals surface area contributed by atoms with E-state index in [1.165, 1.54) is 17.5 Å². The molecular weight excluding hydrogens is 348 g/mol. The van der Waals surface area contributed by atoms with Gasteiger partial charge in [0.05, 0.1) is 11.7 Å². The fourth-order valence-electron chi connectivity index (χ4n) is 3.81. The first kappa shape index (κ1) is 18.5. The first-order valence-corrected chi connectivity index (χ1v) is 9.78. The van der Waals surface area contributed by atoms with Crippen LogP contribution in [0.25, 0.3) is 0 Å². The van der Waals surface area contributed by atoms with Crippen LogP contribution >= 0.6 is 0 Å². The van der Waals surface area contributed by atoms with Crippen LogP contribution in [0, 0.1) is 20.8 Å². The van der Waals surface area contributed by atoms with Crippen LogP contribution < -0.4 is 5.32 Å². The molecule has 4 heterocycles. The zero-order chi connectivity index (χ0) is 19.5. The Bertz CT molecular complexity index is 971. The summed E-state index contributed by atoms with van der Waals surface area (Å²) in [5.74, 6) is 2.42. The molecule has 3 aromatic rings. The van der Waals surface area contributed by atoms with E-state index in [0.717, 1.165) is 48.2 Å². The molecule has 0 bridgehead atoms. The Kier molecular flexibility index (Phi) is 5.30. The average molecular weight is 374 g/mol. The number of aromatic nitrogens is 4. The highest BCUT2D eigenvalue weighted by molar-refractivity contribution is 5.55. The van der Waals surface area contributed by atoms with E-state index in [4.69, 9.17) is 4.98 Å². The molecule has 144 valence electrons. The number of rotatable bonds is 5. The van der Waals surface area contributed by atoms with Crippen molar-refractivity contribution in [3.63, 3.8) is 0 Å². The number of hydrogen-bond acceptors (Lipinski definition) is 6. The quantitative estimate of drug-likeness (QED) is 0.719. The molecule has 4 rings (SSSR count). The van der Waals surface area contributed by atoms with Gasteiger partial charge in [-0.1, -0.05) is 6.07 Å². The van der Waals surface area contributed by atoms with Crippen LogP contribution in [-0.2, 0) is 6.54 Å². The van der Waals surface area contributed by atoms with Gasteiger partial charge in [0, 0.05) is 31.2 Å². The van der Waals surface area contributed by atoms with Crippen molar-refractivity contribution < 1.29 is 0 Å². The molecule has 1 aliphatic rings. The average Bonchev–Trinajstić information content (AvgIpc) is 3.13. The van der Waals surface area contributed by atoms with E-state index in [0.29, 0.717) is 6.04 Å². The number of aryl methyl sites for hydroxylation is 3. The predicted octanol–water partition coefficient (Wildman–Crippen LogP) is 4.27. The summed E-state index contributed by atoms with van der Waals surface area (Å²) in [6.07, 6.45) is 7.90. The molecule has 1 saturated heterocycles. The van der Waals surface area contributed by atoms with Crippen molar-refractivity contribution in [2.45, 2.75) is 46.2 Å². The van der Waals surface area contributed by atoms with E-state index >= 15 is 0 Å². The number of anilines is 2. The fraction of sp³-hybridized carbons (Fsp3) is 0.364. The third-order valence-electron chi connectivity index (χ3n) is 5.33. The lowest BCUT2D eigenvalue weighted by molar-refractivity contribution is 0.243. The van der Waals surface area contributed by atoms with Crippen LogP contribution in [0.5, 0.6) is 0 Å². The van der Waals surface area contributed by atoms with Gasteiger partial charge in [-0.15, -0.1) is 0 Å². The minimum Gasteiger partial charge on any atom is -0.325 e. The Morgan fingerprint density at radius 1 is 1.11 bits per heavy atom. The summed E-state index contributed by atoms with van der Waals surface area (Å²) >= 11 is 0. The van der Waals surface area contributed by atoms with Gasteiger partial charge in [0.2, 0.25) is 0 Å². The van der Waals surface area contributed by atoms with Crippen molar-refractivity contribution >= 4 is 11.6 Å². The molecule has 1 fully saturated rings. The highest BCUT2D eigenvalue weighted by Gasteiger charge is 2.28. The largest absolute Gasteiger partial charge is 0.325 e. The predicted molar refractivity (Wildman–Crippen MR) is 110 cm³/mol. The summed E-state index contributed by atoms with van der Waals surface area (Å²) in [5, 5.41) is 3.36. The lowest BCUT2D eigenvalue weighted by atomic mass is 10.1. The molecule has 28 heavy (non-hydrogen) atoms. The van der Waals surface area contributed by atoms with Gasteiger partial charge in [-0.2, -0.15) is 0 Å². The van der Waals surface area contributed by atoms with Crippen LogP contribution in [0.2, 0.25) is 0 Å². The Hall–Kier alpha value is -2.86. The maximum Gasteiger partial charge on any atom is 0.135 e. The molecule has 0 aliphatic carbocycles. The molecule has 1 atom stereocenters. The highest BCUT2D eigenvalue weighted by Crippen LogP contribution is 2.33. The van der Waals surface area contributed by atoms with Crippen LogP contribution in [0.4, 0.5) is 11.6 Å². The summed E-state index contributed by atoms with van der Waals surface area (Å²) in [6, 6.07) is 8.48. The van der Waals surface area contributed by atoms with Crippen molar-refractivity contribution in [2.24, 2.45) is 0 Å². The zero-order valence-corrected chi connectivity index (χ0v) is 16.7. The molecule has 0 spiro atoms. The van der Waals surface area contributed by atoms with Crippen LogP contribution in [0.15, 0.2) is 42.9 Å². The summed E-state index contributed by atoms with van der Waals surface area (Å²) < 4.78 is 0. The lowest BCUT2D eigenvalue weighted by Crippen LogP contribution is -2.24. The number of nitrogens with zero attached hydrogens (tertiary/aromatic N) is 5. The van der Waals surface area contributed by atoms with Crippen molar-refractivity contribution in [3.8, 4) is 0 Å². The molecule has 1 aliphatic heterocycles. The summed E-state index contributed by atoms with van der Waals surface area (Å²) in [4.78, 5) is 20.5. The van der Waals surface area contributed by atoms with Gasteiger partial charge < -0.3 is 5.32 Å². The number of nitrogens with one attached hydrogen (secondary N) is 1. The molecule has 3 aromatic heterocycles.